The van der Waals surface area contributed by atoms with Gasteiger partial charge in [0.1, 0.15) is 14.0 Å². The van der Waals surface area contributed by atoms with Crippen molar-refractivity contribution in [1.82, 2.24) is 9.45 Å². The fourth-order valence-corrected chi connectivity index (χ4v) is 5.72. The molecule has 0 aromatic heterocycles. The van der Waals surface area contributed by atoms with E-state index in [1.165, 1.54) is 0 Å². The first-order valence-corrected chi connectivity index (χ1v) is 8.97. The van der Waals surface area contributed by atoms with Crippen molar-refractivity contribution in [3.63, 3.8) is 0 Å². The summed E-state index contributed by atoms with van der Waals surface area (Å²) in [5, 5.41) is 9.23. The average molecular weight is 300 g/mol. The highest BCUT2D eigenvalue weighted by Crippen LogP contribution is 2.62. The Morgan fingerprint density at radius 3 is 1.70 bits per heavy atom. The van der Waals surface area contributed by atoms with Gasteiger partial charge in [0.15, 0.2) is 0 Å². The van der Waals surface area contributed by atoms with Gasteiger partial charge in [-0.1, -0.05) is 26.0 Å². The highest BCUT2D eigenvalue weighted by atomic mass is 31.1. The fraction of sp³-hybridized carbons (Fsp3) is 1.00. The highest BCUT2D eigenvalue weighted by Gasteiger charge is 2.48. The number of rotatable bonds is 3. The SMILES string of the molecule is CC(C)N(C(C)C)P1C(C(C)(C)C)N=NN1C(C)(C)C. The van der Waals surface area contributed by atoms with Crippen LogP contribution in [0.1, 0.15) is 69.2 Å². The van der Waals surface area contributed by atoms with Crippen molar-refractivity contribution in [1.29, 1.82) is 0 Å². The van der Waals surface area contributed by atoms with Crippen LogP contribution in [0.25, 0.3) is 0 Å². The summed E-state index contributed by atoms with van der Waals surface area (Å²) >= 11 is 0. The zero-order valence-corrected chi connectivity index (χ0v) is 15.9. The Kier molecular flexibility index (Phi) is 5.25. The molecule has 0 saturated heterocycles. The van der Waals surface area contributed by atoms with Crippen LogP contribution in [-0.2, 0) is 0 Å². The molecule has 4 nitrogen and oxygen atoms in total. The van der Waals surface area contributed by atoms with Crippen molar-refractivity contribution in [3.8, 4) is 0 Å². The maximum atomic E-state index is 4.66. The normalized spacial score (nSPS) is 24.6. The zero-order valence-electron chi connectivity index (χ0n) is 15.0. The van der Waals surface area contributed by atoms with Crippen molar-refractivity contribution in [3.05, 3.63) is 0 Å². The molecule has 1 aliphatic rings. The molecule has 0 aromatic carbocycles. The van der Waals surface area contributed by atoms with E-state index in [0.717, 1.165) is 0 Å². The third-order valence-corrected chi connectivity index (χ3v) is 7.11. The van der Waals surface area contributed by atoms with E-state index in [-0.39, 0.29) is 16.7 Å². The van der Waals surface area contributed by atoms with Crippen LogP contribution in [0, 0.1) is 5.41 Å². The standard InChI is InChI=1S/C15H33N4P/c1-11(2)18(12(3)4)20-13(14(5,6)7)16-17-19(20)15(8,9)10/h11-13H,1-10H3. The Balaban J connectivity index is 3.23. The van der Waals surface area contributed by atoms with Crippen molar-refractivity contribution >= 4 is 8.22 Å². The smallest absolute Gasteiger partial charge is 0.131 e. The quantitative estimate of drug-likeness (QED) is 0.665. The van der Waals surface area contributed by atoms with E-state index in [9.17, 15) is 0 Å². The van der Waals surface area contributed by atoms with Crippen LogP contribution in [0.15, 0.2) is 10.3 Å². The molecule has 2 atom stereocenters. The molecule has 0 amide bonds. The molecule has 0 N–H and O–H groups in total. The van der Waals surface area contributed by atoms with E-state index in [0.29, 0.717) is 12.1 Å². The van der Waals surface area contributed by atoms with E-state index in [2.05, 4.69) is 89.0 Å². The second-order valence-electron chi connectivity index (χ2n) is 8.29. The Bertz CT molecular complexity index is 320. The minimum atomic E-state index is -0.557. The topological polar surface area (TPSA) is 31.2 Å². The summed E-state index contributed by atoms with van der Waals surface area (Å²) in [4.78, 5) is 0. The molecule has 0 aromatic rings. The molecule has 0 radical (unpaired) electrons. The highest BCUT2D eigenvalue weighted by molar-refractivity contribution is 7.53. The number of nitrogens with zero attached hydrogens (tertiary/aromatic N) is 4. The minimum Gasteiger partial charge on any atom is -0.257 e. The lowest BCUT2D eigenvalue weighted by Crippen LogP contribution is -2.44. The van der Waals surface area contributed by atoms with Crippen molar-refractivity contribution < 1.29 is 0 Å². The molecule has 0 aliphatic carbocycles. The summed E-state index contributed by atoms with van der Waals surface area (Å²) in [5.41, 5.74) is 0.147. The van der Waals surface area contributed by atoms with Gasteiger partial charge in [0, 0.05) is 12.1 Å². The van der Waals surface area contributed by atoms with Crippen LogP contribution in [0.2, 0.25) is 0 Å². The van der Waals surface area contributed by atoms with Gasteiger partial charge in [-0.15, -0.1) is 0 Å². The predicted molar refractivity (Wildman–Crippen MR) is 88.7 cm³/mol. The number of hydrogen-bond acceptors (Lipinski definition) is 4. The van der Waals surface area contributed by atoms with Crippen LogP contribution < -0.4 is 0 Å². The van der Waals surface area contributed by atoms with Crippen molar-refractivity contribution in [2.45, 2.75) is 92.6 Å². The molecule has 1 aliphatic heterocycles. The van der Waals surface area contributed by atoms with Gasteiger partial charge in [-0.2, -0.15) is 5.11 Å². The molecule has 1 heterocycles. The van der Waals surface area contributed by atoms with Crippen molar-refractivity contribution in [2.75, 3.05) is 0 Å². The molecule has 2 unspecified atom stereocenters. The second kappa shape index (κ2) is 5.88. The third kappa shape index (κ3) is 3.71. The summed E-state index contributed by atoms with van der Waals surface area (Å²) in [6, 6.07) is 0.999. The Morgan fingerprint density at radius 1 is 0.950 bits per heavy atom. The molecule has 0 bridgehead atoms. The summed E-state index contributed by atoms with van der Waals surface area (Å²) in [7, 11) is -0.557. The molecular weight excluding hydrogens is 267 g/mol. The van der Waals surface area contributed by atoms with Crippen LogP contribution in [-0.4, -0.2) is 32.9 Å². The van der Waals surface area contributed by atoms with Crippen LogP contribution in [0.4, 0.5) is 0 Å². The van der Waals surface area contributed by atoms with E-state index in [4.69, 9.17) is 0 Å². The maximum absolute atomic E-state index is 4.66. The van der Waals surface area contributed by atoms with Crippen molar-refractivity contribution in [2.24, 2.45) is 15.8 Å². The van der Waals surface area contributed by atoms with Gasteiger partial charge >= 0.3 is 0 Å². The van der Waals surface area contributed by atoms with E-state index in [1.54, 1.807) is 0 Å². The van der Waals surface area contributed by atoms with Gasteiger partial charge < -0.3 is 0 Å². The molecule has 0 fully saturated rings. The maximum Gasteiger partial charge on any atom is 0.131 e. The van der Waals surface area contributed by atoms with Gasteiger partial charge in [0.25, 0.3) is 0 Å². The molecule has 20 heavy (non-hydrogen) atoms. The van der Waals surface area contributed by atoms with Crippen LogP contribution >= 0.6 is 8.22 Å². The Morgan fingerprint density at radius 2 is 1.40 bits per heavy atom. The van der Waals surface area contributed by atoms with Gasteiger partial charge in [0.05, 0.1) is 5.54 Å². The Hall–Kier alpha value is -0.210. The first kappa shape index (κ1) is 17.8. The lowest BCUT2D eigenvalue weighted by molar-refractivity contribution is 0.230. The van der Waals surface area contributed by atoms with E-state index < -0.39 is 8.22 Å². The molecular formula is C15H33N4P. The van der Waals surface area contributed by atoms with Gasteiger partial charge in [-0.25, -0.2) is 4.78 Å². The zero-order chi connectivity index (χ0) is 15.9. The summed E-state index contributed by atoms with van der Waals surface area (Å²) in [6.07, 6.45) is 0. The van der Waals surface area contributed by atoms with E-state index >= 15 is 0 Å². The average Bonchev–Trinajstić information content (AvgIpc) is 2.58. The lowest BCUT2D eigenvalue weighted by atomic mass is 9.97. The molecule has 5 heteroatoms. The minimum absolute atomic E-state index is 0.0111. The molecule has 0 spiro atoms. The third-order valence-electron chi connectivity index (χ3n) is 3.33. The summed E-state index contributed by atoms with van der Waals surface area (Å²) < 4.78 is 4.87. The lowest BCUT2D eigenvalue weighted by Gasteiger charge is -2.47. The van der Waals surface area contributed by atoms with Gasteiger partial charge in [0.2, 0.25) is 0 Å². The van der Waals surface area contributed by atoms with E-state index in [1.807, 2.05) is 0 Å². The monoisotopic (exact) mass is 300 g/mol. The first-order valence-electron chi connectivity index (χ1n) is 7.65. The predicted octanol–water partition coefficient (Wildman–Crippen LogP) is 5.27. The summed E-state index contributed by atoms with van der Waals surface area (Å²) in [6.45, 7) is 22.6. The molecule has 0 saturated carbocycles. The van der Waals surface area contributed by atoms with Gasteiger partial charge in [-0.3, -0.25) is 4.67 Å². The Labute approximate surface area is 126 Å². The second-order valence-corrected chi connectivity index (χ2v) is 10.3. The first-order chi connectivity index (χ1) is 8.87. The van der Waals surface area contributed by atoms with Gasteiger partial charge in [-0.05, 0) is 53.9 Å². The summed E-state index contributed by atoms with van der Waals surface area (Å²) in [5.74, 6) is 0.265. The van der Waals surface area contributed by atoms with Crippen LogP contribution in [0.3, 0.4) is 0 Å². The molecule has 118 valence electrons. The fourth-order valence-electron chi connectivity index (χ4n) is 2.54. The van der Waals surface area contributed by atoms with Crippen LogP contribution in [0.5, 0.6) is 0 Å². The largest absolute Gasteiger partial charge is 0.257 e. The molecule has 1 rings (SSSR count). The number of hydrogen-bond donors (Lipinski definition) is 0.